The fourth-order valence-corrected chi connectivity index (χ4v) is 1.85. The van der Waals surface area contributed by atoms with Gasteiger partial charge in [0.2, 0.25) is 5.75 Å². The van der Waals surface area contributed by atoms with Gasteiger partial charge in [0.1, 0.15) is 0 Å². The van der Waals surface area contributed by atoms with E-state index in [1.165, 1.54) is 20.3 Å². The van der Waals surface area contributed by atoms with Crippen LogP contribution in [-0.2, 0) is 0 Å². The second-order valence-electron chi connectivity index (χ2n) is 2.26. The third-order valence-corrected chi connectivity index (χ3v) is 2.40. The van der Waals surface area contributed by atoms with Gasteiger partial charge in [-0.25, -0.2) is 0 Å². The topological polar surface area (TPSA) is 38.7 Å². The second-order valence-corrected chi connectivity index (χ2v) is 3.52. The standard InChI is InChI=1S/C8H8BrClO3/c1-12-7-4(9)3-5(10)6(11)8(7)13-2/h3,11H,1-2H3. The fraction of sp³-hybridized carbons (Fsp3) is 0.250. The Labute approximate surface area is 89.4 Å². The number of halogens is 2. The molecule has 1 aromatic rings. The largest absolute Gasteiger partial charge is 0.503 e. The van der Waals surface area contributed by atoms with Crippen LogP contribution in [0.1, 0.15) is 0 Å². The Balaban J connectivity index is 3.41. The van der Waals surface area contributed by atoms with Crippen molar-refractivity contribution < 1.29 is 14.6 Å². The first kappa shape index (κ1) is 10.5. The SMILES string of the molecule is COc1c(Br)cc(Cl)c(O)c1OC. The maximum absolute atomic E-state index is 9.48. The van der Waals surface area contributed by atoms with Crippen LogP contribution < -0.4 is 9.47 Å². The van der Waals surface area contributed by atoms with E-state index in [0.29, 0.717) is 10.2 Å². The van der Waals surface area contributed by atoms with Gasteiger partial charge in [0.05, 0.1) is 23.7 Å². The molecule has 0 aromatic heterocycles. The van der Waals surface area contributed by atoms with Crippen molar-refractivity contribution in [3.8, 4) is 17.2 Å². The van der Waals surface area contributed by atoms with Gasteiger partial charge in [-0.05, 0) is 22.0 Å². The summed E-state index contributed by atoms with van der Waals surface area (Å²) in [5, 5.41) is 9.69. The minimum Gasteiger partial charge on any atom is -0.503 e. The molecule has 1 rings (SSSR count). The molecule has 0 unspecified atom stereocenters. The van der Waals surface area contributed by atoms with Crippen molar-refractivity contribution in [1.82, 2.24) is 0 Å². The van der Waals surface area contributed by atoms with Crippen LogP contribution in [0, 0.1) is 0 Å². The van der Waals surface area contributed by atoms with Crippen LogP contribution in [0.5, 0.6) is 17.2 Å². The van der Waals surface area contributed by atoms with Crippen molar-refractivity contribution >= 4 is 27.5 Å². The Hall–Kier alpha value is -0.610. The number of rotatable bonds is 2. The summed E-state index contributed by atoms with van der Waals surface area (Å²) < 4.78 is 10.6. The maximum atomic E-state index is 9.48. The van der Waals surface area contributed by atoms with Crippen molar-refractivity contribution in [3.05, 3.63) is 15.6 Å². The van der Waals surface area contributed by atoms with Crippen molar-refractivity contribution in [1.29, 1.82) is 0 Å². The fourth-order valence-electron chi connectivity index (χ4n) is 0.949. The number of phenols is 1. The van der Waals surface area contributed by atoms with Gasteiger partial charge in [0, 0.05) is 0 Å². The normalized spacial score (nSPS) is 9.85. The zero-order valence-electron chi connectivity index (χ0n) is 7.10. The molecule has 0 aliphatic carbocycles. The Kier molecular flexibility index (Phi) is 3.27. The molecule has 1 aromatic carbocycles. The molecule has 0 heterocycles. The highest BCUT2D eigenvalue weighted by atomic mass is 79.9. The highest BCUT2D eigenvalue weighted by Crippen LogP contribution is 2.46. The van der Waals surface area contributed by atoms with Gasteiger partial charge in [0.15, 0.2) is 11.5 Å². The molecule has 0 fully saturated rings. The molecular formula is C8H8BrClO3. The first-order chi connectivity index (χ1) is 6.11. The van der Waals surface area contributed by atoms with Gasteiger partial charge < -0.3 is 14.6 Å². The third kappa shape index (κ3) is 1.84. The highest BCUT2D eigenvalue weighted by Gasteiger charge is 2.16. The van der Waals surface area contributed by atoms with Gasteiger partial charge in [-0.1, -0.05) is 11.6 Å². The summed E-state index contributed by atoms with van der Waals surface area (Å²) in [6.07, 6.45) is 0. The van der Waals surface area contributed by atoms with Crippen LogP contribution in [0.25, 0.3) is 0 Å². The molecular weight excluding hydrogens is 259 g/mol. The van der Waals surface area contributed by atoms with Crippen LogP contribution in [-0.4, -0.2) is 19.3 Å². The predicted octanol–water partition coefficient (Wildman–Crippen LogP) is 2.83. The van der Waals surface area contributed by atoms with Gasteiger partial charge >= 0.3 is 0 Å². The Bertz CT molecular complexity index is 328. The van der Waals surface area contributed by atoms with Gasteiger partial charge in [-0.3, -0.25) is 0 Å². The second kappa shape index (κ2) is 4.07. The van der Waals surface area contributed by atoms with E-state index in [1.807, 2.05) is 0 Å². The van der Waals surface area contributed by atoms with E-state index in [2.05, 4.69) is 15.9 Å². The number of benzene rings is 1. The number of hydrogen-bond donors (Lipinski definition) is 1. The van der Waals surface area contributed by atoms with Crippen molar-refractivity contribution in [2.75, 3.05) is 14.2 Å². The first-order valence-electron chi connectivity index (χ1n) is 3.40. The number of methoxy groups -OCH3 is 2. The number of ether oxygens (including phenoxy) is 2. The lowest BCUT2D eigenvalue weighted by Crippen LogP contribution is -1.92. The van der Waals surface area contributed by atoms with Crippen molar-refractivity contribution in [2.24, 2.45) is 0 Å². The summed E-state index contributed by atoms with van der Waals surface area (Å²) in [4.78, 5) is 0. The summed E-state index contributed by atoms with van der Waals surface area (Å²) >= 11 is 8.94. The lowest BCUT2D eigenvalue weighted by atomic mass is 10.3. The predicted molar refractivity (Wildman–Crippen MR) is 53.9 cm³/mol. The Morgan fingerprint density at radius 3 is 2.31 bits per heavy atom. The quantitative estimate of drug-likeness (QED) is 0.895. The molecule has 0 atom stereocenters. The third-order valence-electron chi connectivity index (χ3n) is 1.53. The lowest BCUT2D eigenvalue weighted by molar-refractivity contribution is 0.331. The van der Waals surface area contributed by atoms with Crippen molar-refractivity contribution in [3.63, 3.8) is 0 Å². The van der Waals surface area contributed by atoms with Crippen LogP contribution in [0.15, 0.2) is 10.5 Å². The highest BCUT2D eigenvalue weighted by molar-refractivity contribution is 9.10. The first-order valence-corrected chi connectivity index (χ1v) is 4.57. The van der Waals surface area contributed by atoms with E-state index in [1.54, 1.807) is 0 Å². The van der Waals surface area contributed by atoms with E-state index >= 15 is 0 Å². The smallest absolute Gasteiger partial charge is 0.205 e. The zero-order chi connectivity index (χ0) is 10.0. The molecule has 0 saturated carbocycles. The molecule has 5 heteroatoms. The Morgan fingerprint density at radius 2 is 1.85 bits per heavy atom. The average molecular weight is 268 g/mol. The van der Waals surface area contributed by atoms with Crippen LogP contribution >= 0.6 is 27.5 Å². The van der Waals surface area contributed by atoms with E-state index < -0.39 is 0 Å². The summed E-state index contributed by atoms with van der Waals surface area (Å²) in [7, 11) is 2.91. The molecule has 3 nitrogen and oxygen atoms in total. The molecule has 0 amide bonds. The van der Waals surface area contributed by atoms with E-state index in [4.69, 9.17) is 21.1 Å². The van der Waals surface area contributed by atoms with Gasteiger partial charge in [-0.2, -0.15) is 0 Å². The minimum absolute atomic E-state index is 0.121. The van der Waals surface area contributed by atoms with Crippen molar-refractivity contribution in [2.45, 2.75) is 0 Å². The summed E-state index contributed by atoms with van der Waals surface area (Å²) in [5.41, 5.74) is 0. The molecule has 0 bridgehead atoms. The molecule has 72 valence electrons. The van der Waals surface area contributed by atoms with Crippen LogP contribution in [0.2, 0.25) is 5.02 Å². The zero-order valence-corrected chi connectivity index (χ0v) is 9.44. The van der Waals surface area contributed by atoms with E-state index in [9.17, 15) is 5.11 Å². The van der Waals surface area contributed by atoms with E-state index in [-0.39, 0.29) is 16.5 Å². The summed E-state index contributed by atoms with van der Waals surface area (Å²) in [6, 6.07) is 1.54. The molecule has 0 radical (unpaired) electrons. The Morgan fingerprint density at radius 1 is 1.31 bits per heavy atom. The lowest BCUT2D eigenvalue weighted by Gasteiger charge is -2.11. The van der Waals surface area contributed by atoms with Crippen LogP contribution in [0.4, 0.5) is 0 Å². The van der Waals surface area contributed by atoms with Gasteiger partial charge in [0.25, 0.3) is 0 Å². The number of phenolic OH excluding ortho intramolecular Hbond substituents is 1. The molecule has 0 spiro atoms. The maximum Gasteiger partial charge on any atom is 0.205 e. The number of aromatic hydroxyl groups is 1. The monoisotopic (exact) mass is 266 g/mol. The average Bonchev–Trinajstić information content (AvgIpc) is 2.10. The molecule has 0 saturated heterocycles. The molecule has 0 aliphatic rings. The molecule has 13 heavy (non-hydrogen) atoms. The van der Waals surface area contributed by atoms with Gasteiger partial charge in [-0.15, -0.1) is 0 Å². The minimum atomic E-state index is -0.121. The summed E-state index contributed by atoms with van der Waals surface area (Å²) in [6.45, 7) is 0. The summed E-state index contributed by atoms with van der Waals surface area (Å²) in [5.74, 6) is 0.524. The van der Waals surface area contributed by atoms with E-state index in [0.717, 1.165) is 0 Å². The molecule has 1 N–H and O–H groups in total. The molecule has 0 aliphatic heterocycles. The number of hydrogen-bond acceptors (Lipinski definition) is 3. The van der Waals surface area contributed by atoms with Crippen LogP contribution in [0.3, 0.4) is 0 Å².